The molecule has 5 nitrogen and oxygen atoms in total. The Bertz CT molecular complexity index is 1770. The van der Waals surface area contributed by atoms with E-state index in [2.05, 4.69) is 89.3 Å². The molecule has 1 spiro atoms. The normalized spacial score (nSPS) is 18.9. The molecule has 0 aromatic carbocycles. The summed E-state index contributed by atoms with van der Waals surface area (Å²) < 4.78 is 0. The minimum absolute atomic E-state index is 0.356. The fourth-order valence-corrected chi connectivity index (χ4v) is 7.02. The van der Waals surface area contributed by atoms with E-state index in [9.17, 15) is 0 Å². The van der Waals surface area contributed by atoms with E-state index in [4.69, 9.17) is 15.0 Å². The molecule has 3 aromatic heterocycles. The summed E-state index contributed by atoms with van der Waals surface area (Å²) >= 11 is 0. The molecule has 1 atom stereocenters. The van der Waals surface area contributed by atoms with E-state index in [0.29, 0.717) is 0 Å². The van der Waals surface area contributed by atoms with Crippen molar-refractivity contribution in [2.75, 3.05) is 6.54 Å². The quantitative estimate of drug-likeness (QED) is 0.367. The summed E-state index contributed by atoms with van der Waals surface area (Å²) in [6, 6.07) is 8.94. The first-order valence-corrected chi connectivity index (χ1v) is 14.4. The van der Waals surface area contributed by atoms with Crippen LogP contribution in [0, 0.1) is 13.8 Å². The fraction of sp³-hybridized carbons (Fsp3) is 0.382. The lowest BCUT2D eigenvalue weighted by Crippen LogP contribution is -2.29. The van der Waals surface area contributed by atoms with Gasteiger partial charge in [0.1, 0.15) is 0 Å². The molecule has 6 heterocycles. The smallest absolute Gasteiger partial charge is 0.0783 e. The maximum atomic E-state index is 5.26. The average Bonchev–Trinajstić information content (AvgIpc) is 3.66. The van der Waals surface area contributed by atoms with Gasteiger partial charge >= 0.3 is 0 Å². The Morgan fingerprint density at radius 2 is 1.36 bits per heavy atom. The largest absolute Gasteiger partial charge is 0.355 e. The minimum Gasteiger partial charge on any atom is -0.355 e. The summed E-state index contributed by atoms with van der Waals surface area (Å²) in [6.45, 7) is 20.9. The second-order valence-electron chi connectivity index (χ2n) is 11.2. The lowest BCUT2D eigenvalue weighted by Gasteiger charge is -2.25. The summed E-state index contributed by atoms with van der Waals surface area (Å²) in [7, 11) is 0. The number of aromatic amines is 2. The second kappa shape index (κ2) is 9.18. The van der Waals surface area contributed by atoms with Crippen LogP contribution in [0.15, 0.2) is 35.8 Å². The molecule has 200 valence electrons. The molecule has 3 aliphatic heterocycles. The number of nitrogens with zero attached hydrogens (tertiary/aromatic N) is 3. The Kier molecular flexibility index (Phi) is 6.01. The molecular weight excluding hydrogens is 478 g/mol. The van der Waals surface area contributed by atoms with Crippen LogP contribution < -0.4 is 0 Å². The van der Waals surface area contributed by atoms with Gasteiger partial charge in [-0.1, -0.05) is 27.4 Å². The molecule has 5 heteroatoms. The van der Waals surface area contributed by atoms with Crippen LogP contribution >= 0.6 is 0 Å². The van der Waals surface area contributed by atoms with Gasteiger partial charge in [0.05, 0.1) is 28.2 Å². The van der Waals surface area contributed by atoms with Crippen molar-refractivity contribution in [1.82, 2.24) is 19.9 Å². The molecule has 0 saturated carbocycles. The second-order valence-corrected chi connectivity index (χ2v) is 11.2. The van der Waals surface area contributed by atoms with Crippen LogP contribution in [-0.4, -0.2) is 32.2 Å². The van der Waals surface area contributed by atoms with Gasteiger partial charge in [-0.2, -0.15) is 0 Å². The van der Waals surface area contributed by atoms with Crippen LogP contribution in [0.3, 0.4) is 0 Å². The van der Waals surface area contributed by atoms with E-state index in [1.807, 2.05) is 0 Å². The highest BCUT2D eigenvalue weighted by atomic mass is 14.9. The summed E-state index contributed by atoms with van der Waals surface area (Å²) in [5.41, 5.74) is 18.1. The topological polar surface area (TPSA) is 69.7 Å². The number of hydrogen-bond donors (Lipinski definition) is 2. The van der Waals surface area contributed by atoms with Gasteiger partial charge in [-0.15, -0.1) is 0 Å². The Balaban J connectivity index is 1.81. The zero-order chi connectivity index (χ0) is 27.6. The molecule has 1 unspecified atom stereocenters. The number of allylic oxidation sites excluding steroid dienone is 3. The Morgan fingerprint density at radius 3 is 1.90 bits per heavy atom. The lowest BCUT2D eigenvalue weighted by molar-refractivity contribution is 0.716. The highest BCUT2D eigenvalue weighted by molar-refractivity contribution is 6.07. The van der Waals surface area contributed by atoms with E-state index >= 15 is 0 Å². The number of aliphatic imine (C=N–C) groups is 1. The van der Waals surface area contributed by atoms with Gasteiger partial charge in [-0.25, -0.2) is 4.98 Å². The first kappa shape index (κ1) is 25.5. The summed E-state index contributed by atoms with van der Waals surface area (Å²) in [4.78, 5) is 22.8. The number of fused-ring (bicyclic) bond motifs is 9. The van der Waals surface area contributed by atoms with Crippen LogP contribution in [0.25, 0.3) is 38.8 Å². The zero-order valence-corrected chi connectivity index (χ0v) is 24.4. The SMILES string of the molecule is C=C1c2cc3[nH]c(cc4[nH]c(cc5nc(cc(n2)C12CCN=C2C)C(CC)=C5C)c(C)c4CC)c(CC)c3C. The monoisotopic (exact) mass is 517 g/mol. The highest BCUT2D eigenvalue weighted by Crippen LogP contribution is 2.48. The molecule has 2 N–H and O–H groups in total. The van der Waals surface area contributed by atoms with Crippen LogP contribution in [0.5, 0.6) is 0 Å². The third-order valence-corrected chi connectivity index (χ3v) is 9.43. The molecule has 0 fully saturated rings. The van der Waals surface area contributed by atoms with Crippen molar-refractivity contribution in [2.45, 2.75) is 79.6 Å². The molecule has 3 aromatic rings. The first-order chi connectivity index (χ1) is 18.7. The molecule has 0 aliphatic carbocycles. The van der Waals surface area contributed by atoms with E-state index < -0.39 is 0 Å². The van der Waals surface area contributed by atoms with Gasteiger partial charge in [0.2, 0.25) is 0 Å². The number of nitrogens with one attached hydrogen (secondary N) is 2. The van der Waals surface area contributed by atoms with Crippen molar-refractivity contribution in [2.24, 2.45) is 4.99 Å². The van der Waals surface area contributed by atoms with Crippen molar-refractivity contribution in [3.8, 4) is 0 Å². The maximum Gasteiger partial charge on any atom is 0.0783 e. The molecule has 0 saturated heterocycles. The predicted molar refractivity (Wildman–Crippen MR) is 165 cm³/mol. The van der Waals surface area contributed by atoms with Crippen molar-refractivity contribution < 1.29 is 0 Å². The van der Waals surface area contributed by atoms with Crippen molar-refractivity contribution >= 4 is 44.5 Å². The summed E-state index contributed by atoms with van der Waals surface area (Å²) in [5, 5.41) is 0. The standard InChI is InChI=1S/C34H39N5/c1-9-23-18(4)26-14-27-20(6)25(11-3)32(38-27)17-33-34(12-13-35-22(34)8)21(7)29(39-33)15-28-19(5)24(10-2)31(37-28)16-30(23)36-26/h14-17,36-37H,7,9-13H2,1-6,8H3. The summed E-state index contributed by atoms with van der Waals surface area (Å²) in [5.74, 6) is 0. The number of H-pyrrole nitrogens is 2. The lowest BCUT2D eigenvalue weighted by atomic mass is 9.74. The van der Waals surface area contributed by atoms with Gasteiger partial charge in [-0.05, 0) is 117 Å². The number of rotatable bonds is 3. The minimum atomic E-state index is -0.356. The van der Waals surface area contributed by atoms with E-state index in [-0.39, 0.29) is 5.41 Å². The Labute approximate surface area is 231 Å². The molecule has 3 aliphatic rings. The highest BCUT2D eigenvalue weighted by Gasteiger charge is 2.46. The number of hydrogen-bond acceptors (Lipinski definition) is 3. The van der Waals surface area contributed by atoms with E-state index in [0.717, 1.165) is 88.4 Å². The van der Waals surface area contributed by atoms with Gasteiger partial charge in [0, 0.05) is 34.3 Å². The van der Waals surface area contributed by atoms with Gasteiger partial charge in [0.15, 0.2) is 0 Å². The number of aryl methyl sites for hydroxylation is 4. The van der Waals surface area contributed by atoms with Crippen molar-refractivity contribution in [3.63, 3.8) is 0 Å². The van der Waals surface area contributed by atoms with Crippen LogP contribution in [0.2, 0.25) is 0 Å². The third-order valence-electron chi connectivity index (χ3n) is 9.43. The van der Waals surface area contributed by atoms with Crippen LogP contribution in [-0.2, 0) is 18.3 Å². The molecule has 8 bridgehead atoms. The fourth-order valence-electron chi connectivity index (χ4n) is 7.02. The van der Waals surface area contributed by atoms with Gasteiger partial charge in [-0.3, -0.25) is 9.98 Å². The molecular formula is C34H39N5. The molecule has 39 heavy (non-hydrogen) atoms. The first-order valence-electron chi connectivity index (χ1n) is 14.4. The predicted octanol–water partition coefficient (Wildman–Crippen LogP) is 8.21. The van der Waals surface area contributed by atoms with Crippen LogP contribution in [0.4, 0.5) is 0 Å². The Morgan fingerprint density at radius 1 is 0.744 bits per heavy atom. The molecule has 0 amide bonds. The van der Waals surface area contributed by atoms with E-state index in [1.165, 1.54) is 33.4 Å². The maximum absolute atomic E-state index is 5.26. The molecule has 6 rings (SSSR count). The summed E-state index contributed by atoms with van der Waals surface area (Å²) in [6.07, 6.45) is 3.74. The number of aromatic nitrogens is 4. The van der Waals surface area contributed by atoms with Crippen molar-refractivity contribution in [1.29, 1.82) is 0 Å². The molecule has 0 radical (unpaired) electrons. The van der Waals surface area contributed by atoms with Gasteiger partial charge in [0.25, 0.3) is 0 Å². The van der Waals surface area contributed by atoms with E-state index in [1.54, 1.807) is 0 Å². The van der Waals surface area contributed by atoms with Crippen LogP contribution in [0.1, 0.15) is 92.5 Å². The van der Waals surface area contributed by atoms with Crippen molar-refractivity contribution in [3.05, 3.63) is 75.9 Å². The zero-order valence-electron chi connectivity index (χ0n) is 24.4. The van der Waals surface area contributed by atoms with Gasteiger partial charge < -0.3 is 9.97 Å². The Hall–Kier alpha value is -3.73. The average molecular weight is 518 g/mol. The third kappa shape index (κ3) is 3.62.